The highest BCUT2D eigenvalue weighted by Crippen LogP contribution is 2.32. The summed E-state index contributed by atoms with van der Waals surface area (Å²) in [5, 5.41) is 4.85. The number of hydrogen-bond donors (Lipinski definition) is 2. The Morgan fingerprint density at radius 2 is 1.68 bits per heavy atom. The average molecular weight is 354 g/mol. The first-order chi connectivity index (χ1) is 11.9. The maximum Gasteiger partial charge on any atom is 0.405 e. The molecule has 0 bridgehead atoms. The van der Waals surface area contributed by atoms with Crippen LogP contribution in [0.15, 0.2) is 42.5 Å². The SMILES string of the molecule is COc1cccc(C(=O)Nc2ccccc2NCC(F)(F)F)c1OC. The molecule has 134 valence electrons. The number of methoxy groups -OCH3 is 2. The molecular weight excluding hydrogens is 337 g/mol. The molecule has 5 nitrogen and oxygen atoms in total. The van der Waals surface area contributed by atoms with Crippen LogP contribution < -0.4 is 20.1 Å². The van der Waals surface area contributed by atoms with Crippen LogP contribution in [0.25, 0.3) is 0 Å². The number of carbonyl (C=O) groups excluding carboxylic acids is 1. The second-order valence-electron chi connectivity index (χ2n) is 5.01. The summed E-state index contributed by atoms with van der Waals surface area (Å²) in [5.41, 5.74) is 0.587. The highest BCUT2D eigenvalue weighted by Gasteiger charge is 2.27. The van der Waals surface area contributed by atoms with Crippen LogP contribution in [0.5, 0.6) is 11.5 Å². The van der Waals surface area contributed by atoms with E-state index in [4.69, 9.17) is 9.47 Å². The van der Waals surface area contributed by atoms with E-state index < -0.39 is 18.6 Å². The quantitative estimate of drug-likeness (QED) is 0.825. The summed E-state index contributed by atoms with van der Waals surface area (Å²) >= 11 is 0. The summed E-state index contributed by atoms with van der Waals surface area (Å²) in [7, 11) is 2.84. The van der Waals surface area contributed by atoms with E-state index in [1.54, 1.807) is 24.3 Å². The predicted molar refractivity (Wildman–Crippen MR) is 88.5 cm³/mol. The van der Waals surface area contributed by atoms with Gasteiger partial charge in [0.25, 0.3) is 5.91 Å². The standard InChI is InChI=1S/C17H17F3N2O3/c1-24-14-9-5-6-11(15(14)25-2)16(23)22-13-8-4-3-7-12(13)21-10-17(18,19)20/h3-9,21H,10H2,1-2H3,(H,22,23). The van der Waals surface area contributed by atoms with Crippen LogP contribution in [0.2, 0.25) is 0 Å². The van der Waals surface area contributed by atoms with Crippen molar-refractivity contribution in [2.75, 3.05) is 31.4 Å². The van der Waals surface area contributed by atoms with Gasteiger partial charge in [-0.2, -0.15) is 13.2 Å². The fraction of sp³-hybridized carbons (Fsp3) is 0.235. The van der Waals surface area contributed by atoms with Crippen molar-refractivity contribution in [1.82, 2.24) is 0 Å². The molecule has 8 heteroatoms. The minimum Gasteiger partial charge on any atom is -0.493 e. The monoisotopic (exact) mass is 354 g/mol. The third-order valence-electron chi connectivity index (χ3n) is 3.30. The van der Waals surface area contributed by atoms with Crippen molar-refractivity contribution >= 4 is 17.3 Å². The van der Waals surface area contributed by atoms with E-state index in [2.05, 4.69) is 10.6 Å². The third-order valence-corrected chi connectivity index (χ3v) is 3.30. The van der Waals surface area contributed by atoms with E-state index in [-0.39, 0.29) is 22.7 Å². The highest BCUT2D eigenvalue weighted by atomic mass is 19.4. The number of anilines is 2. The number of amides is 1. The smallest absolute Gasteiger partial charge is 0.405 e. The summed E-state index contributed by atoms with van der Waals surface area (Å²) in [6.07, 6.45) is -4.37. The third kappa shape index (κ3) is 4.79. The van der Waals surface area contributed by atoms with Crippen LogP contribution >= 0.6 is 0 Å². The molecule has 0 unspecified atom stereocenters. The number of ether oxygens (including phenoxy) is 2. The summed E-state index contributed by atoms with van der Waals surface area (Å²) in [4.78, 5) is 12.5. The molecule has 0 heterocycles. The first kappa shape index (κ1) is 18.4. The van der Waals surface area contributed by atoms with Gasteiger partial charge in [0, 0.05) is 0 Å². The first-order valence-electron chi connectivity index (χ1n) is 7.27. The molecule has 1 amide bonds. The van der Waals surface area contributed by atoms with Gasteiger partial charge in [0.05, 0.1) is 31.2 Å². The Morgan fingerprint density at radius 3 is 2.28 bits per heavy atom. The molecule has 2 N–H and O–H groups in total. The number of alkyl halides is 3. The lowest BCUT2D eigenvalue weighted by atomic mass is 10.1. The lowest BCUT2D eigenvalue weighted by Crippen LogP contribution is -2.22. The normalized spacial score (nSPS) is 10.9. The van der Waals surface area contributed by atoms with Crippen molar-refractivity contribution in [3.8, 4) is 11.5 Å². The molecule has 25 heavy (non-hydrogen) atoms. The van der Waals surface area contributed by atoms with Gasteiger partial charge in [-0.05, 0) is 24.3 Å². The molecule has 0 spiro atoms. The van der Waals surface area contributed by atoms with E-state index in [1.807, 2.05) is 0 Å². The Balaban J connectivity index is 2.24. The van der Waals surface area contributed by atoms with Gasteiger partial charge in [0.2, 0.25) is 0 Å². The summed E-state index contributed by atoms with van der Waals surface area (Å²) in [6, 6.07) is 10.9. The fourth-order valence-corrected chi connectivity index (χ4v) is 2.20. The van der Waals surface area contributed by atoms with Crippen LogP contribution in [0, 0.1) is 0 Å². The van der Waals surface area contributed by atoms with E-state index in [0.29, 0.717) is 5.75 Å². The minimum atomic E-state index is -4.37. The molecule has 0 aliphatic carbocycles. The number of hydrogen-bond acceptors (Lipinski definition) is 4. The molecule has 0 fully saturated rings. The molecular formula is C17H17F3N2O3. The second-order valence-corrected chi connectivity index (χ2v) is 5.01. The number of para-hydroxylation sites is 3. The topological polar surface area (TPSA) is 59.6 Å². The molecule has 0 radical (unpaired) electrons. The van der Waals surface area contributed by atoms with Gasteiger partial charge in [-0.3, -0.25) is 4.79 Å². The lowest BCUT2D eigenvalue weighted by Gasteiger charge is -2.16. The number of halogens is 3. The second kappa shape index (κ2) is 7.78. The zero-order chi connectivity index (χ0) is 18.4. The minimum absolute atomic E-state index is 0.162. The molecule has 0 aromatic heterocycles. The van der Waals surface area contributed by atoms with Crippen molar-refractivity contribution in [3.63, 3.8) is 0 Å². The van der Waals surface area contributed by atoms with Gasteiger partial charge in [-0.1, -0.05) is 18.2 Å². The average Bonchev–Trinajstić information content (AvgIpc) is 2.59. The number of nitrogens with one attached hydrogen (secondary N) is 2. The summed E-state index contributed by atoms with van der Waals surface area (Å²) in [6.45, 7) is -1.21. The predicted octanol–water partition coefficient (Wildman–Crippen LogP) is 3.93. The highest BCUT2D eigenvalue weighted by molar-refractivity contribution is 6.08. The Hall–Kier alpha value is -2.90. The maximum atomic E-state index is 12.5. The van der Waals surface area contributed by atoms with E-state index >= 15 is 0 Å². The molecule has 0 saturated heterocycles. The number of benzene rings is 2. The van der Waals surface area contributed by atoms with Gasteiger partial charge in [-0.15, -0.1) is 0 Å². The molecule has 2 aromatic carbocycles. The molecule has 0 aliphatic heterocycles. The Bertz CT molecular complexity index is 748. The Labute approximate surface area is 142 Å². The lowest BCUT2D eigenvalue weighted by molar-refractivity contribution is -0.115. The van der Waals surface area contributed by atoms with Gasteiger partial charge in [0.1, 0.15) is 6.54 Å². The van der Waals surface area contributed by atoms with Crippen molar-refractivity contribution in [2.45, 2.75) is 6.18 Å². The first-order valence-corrected chi connectivity index (χ1v) is 7.27. The van der Waals surface area contributed by atoms with Crippen molar-refractivity contribution in [3.05, 3.63) is 48.0 Å². The number of rotatable bonds is 6. The maximum absolute atomic E-state index is 12.5. The van der Waals surface area contributed by atoms with Crippen molar-refractivity contribution < 1.29 is 27.4 Å². The van der Waals surface area contributed by atoms with Crippen molar-refractivity contribution in [1.29, 1.82) is 0 Å². The molecule has 0 atom stereocenters. The zero-order valence-electron chi connectivity index (χ0n) is 13.6. The molecule has 0 saturated carbocycles. The van der Waals surface area contributed by atoms with Crippen LogP contribution in [-0.4, -0.2) is 32.8 Å². The van der Waals surface area contributed by atoms with Gasteiger partial charge in [0.15, 0.2) is 11.5 Å². The fourth-order valence-electron chi connectivity index (χ4n) is 2.20. The van der Waals surface area contributed by atoms with E-state index in [1.165, 1.54) is 32.4 Å². The number of carbonyl (C=O) groups is 1. The molecule has 2 rings (SSSR count). The Morgan fingerprint density at radius 1 is 1.00 bits per heavy atom. The molecule has 2 aromatic rings. The van der Waals surface area contributed by atoms with Gasteiger partial charge < -0.3 is 20.1 Å². The van der Waals surface area contributed by atoms with Crippen LogP contribution in [0.1, 0.15) is 10.4 Å². The Kier molecular flexibility index (Phi) is 5.74. The summed E-state index contributed by atoms with van der Waals surface area (Å²) in [5.74, 6) is 0.0823. The van der Waals surface area contributed by atoms with Gasteiger partial charge >= 0.3 is 6.18 Å². The molecule has 0 aliphatic rings. The van der Waals surface area contributed by atoms with Crippen LogP contribution in [0.4, 0.5) is 24.5 Å². The summed E-state index contributed by atoms with van der Waals surface area (Å²) < 4.78 is 47.5. The largest absolute Gasteiger partial charge is 0.493 e. The van der Waals surface area contributed by atoms with Crippen LogP contribution in [-0.2, 0) is 0 Å². The van der Waals surface area contributed by atoms with E-state index in [9.17, 15) is 18.0 Å². The van der Waals surface area contributed by atoms with Crippen LogP contribution in [0.3, 0.4) is 0 Å². The van der Waals surface area contributed by atoms with Crippen molar-refractivity contribution in [2.24, 2.45) is 0 Å². The van der Waals surface area contributed by atoms with E-state index in [0.717, 1.165) is 0 Å². The zero-order valence-corrected chi connectivity index (χ0v) is 13.6. The van der Waals surface area contributed by atoms with Gasteiger partial charge in [-0.25, -0.2) is 0 Å².